The molecule has 0 amide bonds. The van der Waals surface area contributed by atoms with Gasteiger partial charge in [-0.1, -0.05) is 0 Å². The minimum Gasteiger partial charge on any atom is -0.329 e. The van der Waals surface area contributed by atoms with Crippen molar-refractivity contribution in [2.75, 3.05) is 13.1 Å². The first-order chi connectivity index (χ1) is 2.77. The Kier molecular flexibility index (Phi) is 11.3. The third kappa shape index (κ3) is 11.0. The molecule has 0 fully saturated rings. The van der Waals surface area contributed by atoms with Gasteiger partial charge in [-0.05, 0) is 23.6 Å². The molecule has 0 aliphatic rings. The van der Waals surface area contributed by atoms with E-state index < -0.39 is 0 Å². The molecule has 0 saturated carbocycles. The van der Waals surface area contributed by atoms with Crippen molar-refractivity contribution in [3.05, 3.63) is 0 Å². The summed E-state index contributed by atoms with van der Waals surface area (Å²) in [6.45, 7) is 1.01. The van der Waals surface area contributed by atoms with E-state index in [1.807, 2.05) is 0 Å². The number of hydrogen-bond acceptors (Lipinski definition) is 2. The van der Waals surface area contributed by atoms with E-state index in [1.165, 1.54) is 0 Å². The summed E-state index contributed by atoms with van der Waals surface area (Å²) in [5, 5.41) is 0. The number of nitrogens with zero attached hydrogens (tertiary/aromatic N) is 1. The number of halogens is 2. The molecule has 0 aromatic rings. The Morgan fingerprint density at radius 1 is 1.43 bits per heavy atom. The molecule has 0 bridgehead atoms. The van der Waals surface area contributed by atoms with Crippen LogP contribution in [-0.4, -0.2) is 17.0 Å². The van der Waals surface area contributed by atoms with Crippen LogP contribution in [-0.2, 0) is 20.4 Å². The van der Waals surface area contributed by atoms with Crippen molar-refractivity contribution in [2.45, 2.75) is 0 Å². The zero-order valence-corrected chi connectivity index (χ0v) is 6.58. The molecule has 0 aromatic heterocycles. The van der Waals surface area contributed by atoms with Gasteiger partial charge in [-0.3, -0.25) is 0 Å². The van der Waals surface area contributed by atoms with Gasteiger partial charge in [0.25, 0.3) is 0 Å². The van der Waals surface area contributed by atoms with Gasteiger partial charge in [-0.15, -0.1) is 3.94 Å². The van der Waals surface area contributed by atoms with Crippen molar-refractivity contribution in [2.24, 2.45) is 5.73 Å². The molecule has 0 heterocycles. The summed E-state index contributed by atoms with van der Waals surface area (Å²) in [5.41, 5.74) is 5.02. The SMILES string of the molecule is NCCN(Cl)Cl.[Pd+2]. The number of nitrogens with two attached hydrogens (primary N) is 1. The van der Waals surface area contributed by atoms with Gasteiger partial charge in [0.2, 0.25) is 0 Å². The van der Waals surface area contributed by atoms with E-state index in [-0.39, 0.29) is 20.4 Å². The topological polar surface area (TPSA) is 29.3 Å². The van der Waals surface area contributed by atoms with Gasteiger partial charge in [-0.25, -0.2) is 0 Å². The molecule has 0 radical (unpaired) electrons. The van der Waals surface area contributed by atoms with Gasteiger partial charge in [0.15, 0.2) is 0 Å². The minimum atomic E-state index is 0. The van der Waals surface area contributed by atoms with Crippen LogP contribution in [0.2, 0.25) is 0 Å². The normalized spacial score (nSPS) is 8.57. The van der Waals surface area contributed by atoms with Crippen molar-refractivity contribution in [1.82, 2.24) is 3.94 Å². The maximum atomic E-state index is 5.10. The molecule has 0 aliphatic carbocycles. The predicted octanol–water partition coefficient (Wildman–Crippen LogP) is 0.552. The molecule has 0 unspecified atom stereocenters. The van der Waals surface area contributed by atoms with Crippen molar-refractivity contribution >= 4 is 23.6 Å². The number of rotatable bonds is 2. The summed E-state index contributed by atoms with van der Waals surface area (Å²) in [6, 6.07) is 0. The second kappa shape index (κ2) is 7.16. The van der Waals surface area contributed by atoms with E-state index in [9.17, 15) is 0 Å². The summed E-state index contributed by atoms with van der Waals surface area (Å²) >= 11 is 10.2. The van der Waals surface area contributed by atoms with Gasteiger partial charge in [0.05, 0.1) is 0 Å². The molecule has 0 aliphatic heterocycles. The Hall–Kier alpha value is 1.16. The summed E-state index contributed by atoms with van der Waals surface area (Å²) < 4.78 is 1.00. The monoisotopic (exact) mass is 234 g/mol. The Morgan fingerprint density at radius 2 is 1.86 bits per heavy atom. The smallest absolute Gasteiger partial charge is 0.329 e. The molecular weight excluding hydrogens is 229 g/mol. The third-order valence-corrected chi connectivity index (χ3v) is 0.636. The molecule has 0 saturated heterocycles. The maximum absolute atomic E-state index is 5.10. The molecule has 0 rings (SSSR count). The van der Waals surface area contributed by atoms with Crippen LogP contribution >= 0.6 is 23.6 Å². The molecular formula is C2H6Cl2N2Pd+2. The van der Waals surface area contributed by atoms with Crippen LogP contribution in [0, 0.1) is 0 Å². The molecule has 0 atom stereocenters. The first kappa shape index (κ1) is 11.0. The van der Waals surface area contributed by atoms with Crippen LogP contribution in [0.5, 0.6) is 0 Å². The first-order valence-corrected chi connectivity index (χ1v) is 2.24. The van der Waals surface area contributed by atoms with E-state index in [2.05, 4.69) is 0 Å². The van der Waals surface area contributed by atoms with E-state index in [0.29, 0.717) is 13.1 Å². The number of hydrogen-bond donors (Lipinski definition) is 1. The zero-order chi connectivity index (χ0) is 4.99. The van der Waals surface area contributed by atoms with Gasteiger partial charge in [0, 0.05) is 13.1 Å². The van der Waals surface area contributed by atoms with Crippen LogP contribution in [0.25, 0.3) is 0 Å². The third-order valence-electron chi connectivity index (χ3n) is 0.298. The van der Waals surface area contributed by atoms with E-state index in [1.54, 1.807) is 0 Å². The van der Waals surface area contributed by atoms with Gasteiger partial charge in [0.1, 0.15) is 0 Å². The fourth-order valence-electron chi connectivity index (χ4n) is 0.0976. The summed E-state index contributed by atoms with van der Waals surface area (Å²) in [7, 11) is 0. The molecule has 2 nitrogen and oxygen atoms in total. The Morgan fingerprint density at radius 3 is 1.86 bits per heavy atom. The van der Waals surface area contributed by atoms with Crippen LogP contribution in [0.3, 0.4) is 0 Å². The fraction of sp³-hybridized carbons (Fsp3) is 1.00. The fourth-order valence-corrected chi connectivity index (χ4v) is 0.293. The first-order valence-electron chi connectivity index (χ1n) is 1.56. The Bertz CT molecular complexity index is 34.9. The molecule has 7 heavy (non-hydrogen) atoms. The van der Waals surface area contributed by atoms with Gasteiger partial charge >= 0.3 is 20.4 Å². The van der Waals surface area contributed by atoms with E-state index >= 15 is 0 Å². The van der Waals surface area contributed by atoms with E-state index in [0.717, 1.165) is 3.94 Å². The summed E-state index contributed by atoms with van der Waals surface area (Å²) in [5.74, 6) is 0. The van der Waals surface area contributed by atoms with Crippen LogP contribution < -0.4 is 5.73 Å². The second-order valence-corrected chi connectivity index (χ2v) is 1.80. The van der Waals surface area contributed by atoms with Crippen molar-refractivity contribution in [3.63, 3.8) is 0 Å². The zero-order valence-electron chi connectivity index (χ0n) is 3.51. The average Bonchev–Trinajstić information content (AvgIpc) is 1.35. The second-order valence-electron chi connectivity index (χ2n) is 0.815. The standard InChI is InChI=1S/C2H6Cl2N2.Pd/c3-6(4)2-1-5;/h1-2,5H2;/q;+2. The molecule has 2 N–H and O–H groups in total. The Balaban J connectivity index is 0. The summed E-state index contributed by atoms with van der Waals surface area (Å²) in [6.07, 6.45) is 0. The largest absolute Gasteiger partial charge is 2.00 e. The molecule has 5 heteroatoms. The summed E-state index contributed by atoms with van der Waals surface area (Å²) in [4.78, 5) is 0. The average molecular weight is 235 g/mol. The van der Waals surface area contributed by atoms with Crippen molar-refractivity contribution in [1.29, 1.82) is 0 Å². The predicted molar refractivity (Wildman–Crippen MR) is 27.5 cm³/mol. The van der Waals surface area contributed by atoms with Crippen LogP contribution in [0.4, 0.5) is 0 Å². The molecule has 46 valence electrons. The van der Waals surface area contributed by atoms with Crippen molar-refractivity contribution in [3.8, 4) is 0 Å². The minimum absolute atomic E-state index is 0. The maximum Gasteiger partial charge on any atom is 2.00 e. The quantitative estimate of drug-likeness (QED) is 0.559. The van der Waals surface area contributed by atoms with Gasteiger partial charge in [-0.2, -0.15) is 0 Å². The van der Waals surface area contributed by atoms with E-state index in [4.69, 9.17) is 29.3 Å². The van der Waals surface area contributed by atoms with Crippen LogP contribution in [0.15, 0.2) is 0 Å². The van der Waals surface area contributed by atoms with Crippen LogP contribution in [0.1, 0.15) is 0 Å². The Labute approximate surface area is 66.8 Å². The van der Waals surface area contributed by atoms with Gasteiger partial charge < -0.3 is 5.73 Å². The van der Waals surface area contributed by atoms with Crippen molar-refractivity contribution < 1.29 is 20.4 Å². The molecule has 0 spiro atoms. The molecule has 0 aromatic carbocycles.